The first-order valence-electron chi connectivity index (χ1n) is 3.61. The summed E-state index contributed by atoms with van der Waals surface area (Å²) in [5, 5.41) is 7.45. The van der Waals surface area contributed by atoms with Crippen LogP contribution in [0.5, 0.6) is 0 Å². The van der Waals surface area contributed by atoms with Crippen LogP contribution in [0.2, 0.25) is 0 Å². The van der Waals surface area contributed by atoms with E-state index in [2.05, 4.69) is 10.2 Å². The van der Waals surface area contributed by atoms with Gasteiger partial charge in [0.25, 0.3) is 5.89 Å². The maximum Gasteiger partial charge on any atom is 0.286 e. The molecule has 1 aromatic heterocycles. The summed E-state index contributed by atoms with van der Waals surface area (Å²) in [4.78, 5) is 0. The Kier molecular flexibility index (Phi) is 1.69. The van der Waals surface area contributed by atoms with Crippen LogP contribution in [0.25, 0.3) is 5.76 Å². The third kappa shape index (κ3) is 1.25. The summed E-state index contributed by atoms with van der Waals surface area (Å²) in [6.07, 6.45) is 1.48. The van der Waals surface area contributed by atoms with E-state index in [0.717, 1.165) is 0 Å². The van der Waals surface area contributed by atoms with Crippen molar-refractivity contribution in [2.24, 2.45) is 0 Å². The van der Waals surface area contributed by atoms with Gasteiger partial charge >= 0.3 is 0 Å². The quantitative estimate of drug-likeness (QED) is 0.618. The third-order valence-corrected chi connectivity index (χ3v) is 1.39. The van der Waals surface area contributed by atoms with Gasteiger partial charge in [-0.1, -0.05) is 0 Å². The van der Waals surface area contributed by atoms with Crippen LogP contribution in [0, 0.1) is 6.92 Å². The number of nitrogens with zero attached hydrogens (tertiary/aromatic N) is 2. The molecule has 1 aliphatic rings. The number of aromatic nitrogens is 2. The Labute approximate surface area is 69.0 Å². The maximum atomic E-state index is 5.22. The fourth-order valence-electron chi connectivity index (χ4n) is 0.877. The monoisotopic (exact) mass is 168 g/mol. The van der Waals surface area contributed by atoms with Crippen molar-refractivity contribution in [1.82, 2.24) is 10.2 Å². The van der Waals surface area contributed by atoms with Crippen LogP contribution in [-0.4, -0.2) is 23.4 Å². The van der Waals surface area contributed by atoms with Crippen LogP contribution in [-0.2, 0) is 9.47 Å². The average molecular weight is 168 g/mol. The van der Waals surface area contributed by atoms with E-state index >= 15 is 0 Å². The summed E-state index contributed by atoms with van der Waals surface area (Å²) in [5.41, 5.74) is 0. The Balaban J connectivity index is 2.23. The molecule has 1 aromatic rings. The third-order valence-electron chi connectivity index (χ3n) is 1.39. The molecular weight excluding hydrogens is 160 g/mol. The second-order valence-corrected chi connectivity index (χ2v) is 2.33. The van der Waals surface area contributed by atoms with Gasteiger partial charge in [-0.3, -0.25) is 0 Å². The molecule has 0 amide bonds. The lowest BCUT2D eigenvalue weighted by molar-refractivity contribution is 0.121. The average Bonchev–Trinajstić information content (AvgIpc) is 2.54. The van der Waals surface area contributed by atoms with Crippen molar-refractivity contribution in [3.63, 3.8) is 0 Å². The molecule has 0 N–H and O–H groups in total. The predicted molar refractivity (Wildman–Crippen MR) is 38.9 cm³/mol. The van der Waals surface area contributed by atoms with Crippen molar-refractivity contribution in [3.8, 4) is 0 Å². The zero-order chi connectivity index (χ0) is 8.39. The second-order valence-electron chi connectivity index (χ2n) is 2.33. The molecule has 0 fully saturated rings. The van der Waals surface area contributed by atoms with Crippen LogP contribution in [0.4, 0.5) is 0 Å². The van der Waals surface area contributed by atoms with Gasteiger partial charge in [-0.15, -0.1) is 10.2 Å². The molecule has 0 atom stereocenters. The van der Waals surface area contributed by atoms with Gasteiger partial charge in [-0.2, -0.15) is 0 Å². The second kappa shape index (κ2) is 2.84. The number of rotatable bonds is 1. The normalized spacial score (nSPS) is 16.2. The lowest BCUT2D eigenvalue weighted by atomic mass is 10.5. The SMILES string of the molecule is Cc1nnc(C2=COCCO2)o1. The number of ether oxygens (including phenoxy) is 2. The van der Waals surface area contributed by atoms with Crippen molar-refractivity contribution >= 4 is 5.76 Å². The Morgan fingerprint density at radius 2 is 2.25 bits per heavy atom. The molecular formula is C7H8N2O3. The lowest BCUT2D eigenvalue weighted by Crippen LogP contribution is -2.07. The highest BCUT2D eigenvalue weighted by molar-refractivity contribution is 5.49. The molecule has 64 valence electrons. The Morgan fingerprint density at radius 3 is 2.83 bits per heavy atom. The predicted octanol–water partition coefficient (Wildman–Crippen LogP) is 0.723. The number of hydrogen-bond acceptors (Lipinski definition) is 5. The molecule has 0 saturated heterocycles. The molecule has 0 radical (unpaired) electrons. The fraction of sp³-hybridized carbons (Fsp3) is 0.429. The molecule has 0 spiro atoms. The van der Waals surface area contributed by atoms with Crippen LogP contribution < -0.4 is 0 Å². The van der Waals surface area contributed by atoms with E-state index in [0.29, 0.717) is 30.8 Å². The van der Waals surface area contributed by atoms with Crippen LogP contribution in [0.1, 0.15) is 11.8 Å². The van der Waals surface area contributed by atoms with E-state index in [1.54, 1.807) is 6.92 Å². The molecule has 5 heteroatoms. The fourth-order valence-corrected chi connectivity index (χ4v) is 0.877. The first-order valence-corrected chi connectivity index (χ1v) is 3.61. The molecule has 0 bridgehead atoms. The smallest absolute Gasteiger partial charge is 0.286 e. The summed E-state index contributed by atoms with van der Waals surface area (Å²) < 4.78 is 15.4. The van der Waals surface area contributed by atoms with E-state index in [-0.39, 0.29) is 0 Å². The standard InChI is InChI=1S/C7H8N2O3/c1-5-8-9-7(12-5)6-4-10-2-3-11-6/h4H,2-3H2,1H3. The molecule has 5 nitrogen and oxygen atoms in total. The van der Waals surface area contributed by atoms with Crippen molar-refractivity contribution in [1.29, 1.82) is 0 Å². The van der Waals surface area contributed by atoms with E-state index in [1.807, 2.05) is 0 Å². The van der Waals surface area contributed by atoms with E-state index in [9.17, 15) is 0 Å². The van der Waals surface area contributed by atoms with Crippen LogP contribution in [0.15, 0.2) is 10.7 Å². The van der Waals surface area contributed by atoms with Crippen LogP contribution in [0.3, 0.4) is 0 Å². The Bertz CT molecular complexity index is 305. The molecule has 12 heavy (non-hydrogen) atoms. The zero-order valence-electron chi connectivity index (χ0n) is 6.61. The highest BCUT2D eigenvalue weighted by Crippen LogP contribution is 2.16. The molecule has 0 aliphatic carbocycles. The first-order chi connectivity index (χ1) is 5.86. The van der Waals surface area contributed by atoms with Crippen molar-refractivity contribution in [2.45, 2.75) is 6.92 Å². The molecule has 0 saturated carbocycles. The van der Waals surface area contributed by atoms with Crippen molar-refractivity contribution < 1.29 is 13.9 Å². The summed E-state index contributed by atoms with van der Waals surface area (Å²) in [6.45, 7) is 2.81. The Morgan fingerprint density at radius 1 is 1.33 bits per heavy atom. The van der Waals surface area contributed by atoms with Crippen LogP contribution >= 0.6 is 0 Å². The van der Waals surface area contributed by atoms with Gasteiger partial charge in [-0.25, -0.2) is 0 Å². The molecule has 0 unspecified atom stereocenters. The van der Waals surface area contributed by atoms with Gasteiger partial charge < -0.3 is 13.9 Å². The van der Waals surface area contributed by atoms with Gasteiger partial charge in [0.1, 0.15) is 19.5 Å². The molecule has 0 aromatic carbocycles. The topological polar surface area (TPSA) is 57.4 Å². The van der Waals surface area contributed by atoms with E-state index in [4.69, 9.17) is 13.9 Å². The lowest BCUT2D eigenvalue weighted by Gasteiger charge is -2.11. The minimum Gasteiger partial charge on any atom is -0.494 e. The first kappa shape index (κ1) is 7.15. The minimum absolute atomic E-state index is 0.368. The van der Waals surface area contributed by atoms with Gasteiger partial charge in [0.2, 0.25) is 11.6 Å². The van der Waals surface area contributed by atoms with Gasteiger partial charge in [0.05, 0.1) is 0 Å². The maximum absolute atomic E-state index is 5.22. The zero-order valence-corrected chi connectivity index (χ0v) is 6.61. The number of aryl methyl sites for hydroxylation is 1. The largest absolute Gasteiger partial charge is 0.494 e. The van der Waals surface area contributed by atoms with Crippen molar-refractivity contribution in [3.05, 3.63) is 18.0 Å². The highest BCUT2D eigenvalue weighted by atomic mass is 16.6. The van der Waals surface area contributed by atoms with E-state index < -0.39 is 0 Å². The summed E-state index contributed by atoms with van der Waals surface area (Å²) >= 11 is 0. The minimum atomic E-state index is 0.368. The highest BCUT2D eigenvalue weighted by Gasteiger charge is 2.13. The Hall–Kier alpha value is -1.52. The van der Waals surface area contributed by atoms with E-state index in [1.165, 1.54) is 6.26 Å². The summed E-state index contributed by atoms with van der Waals surface area (Å²) in [7, 11) is 0. The van der Waals surface area contributed by atoms with Gasteiger partial charge in [0, 0.05) is 6.92 Å². The molecule has 2 rings (SSSR count). The van der Waals surface area contributed by atoms with Gasteiger partial charge in [-0.05, 0) is 0 Å². The molecule has 2 heterocycles. The summed E-state index contributed by atoms with van der Waals surface area (Å²) in [6, 6.07) is 0. The van der Waals surface area contributed by atoms with Gasteiger partial charge in [0.15, 0.2) is 0 Å². The number of hydrogen-bond donors (Lipinski definition) is 0. The van der Waals surface area contributed by atoms with Crippen molar-refractivity contribution in [2.75, 3.05) is 13.2 Å². The summed E-state index contributed by atoms with van der Waals surface area (Å²) in [5.74, 6) is 1.38. The molecule has 1 aliphatic heterocycles.